The Balaban J connectivity index is 1.75. The molecule has 28 heavy (non-hydrogen) atoms. The van der Waals surface area contributed by atoms with E-state index in [1.165, 1.54) is 12.1 Å². The molecule has 2 aliphatic rings. The van der Waals surface area contributed by atoms with Crippen molar-refractivity contribution < 1.29 is 9.13 Å². The number of nitrogens with zero attached hydrogens (tertiary/aromatic N) is 2. The van der Waals surface area contributed by atoms with Crippen molar-refractivity contribution in [1.29, 1.82) is 0 Å². The van der Waals surface area contributed by atoms with E-state index in [1.807, 2.05) is 43.3 Å². The molecule has 0 radical (unpaired) electrons. The zero-order valence-corrected chi connectivity index (χ0v) is 16.5. The van der Waals surface area contributed by atoms with Gasteiger partial charge in [-0.25, -0.2) is 4.39 Å². The second kappa shape index (κ2) is 7.37. The third kappa shape index (κ3) is 3.30. The van der Waals surface area contributed by atoms with Crippen molar-refractivity contribution in [2.45, 2.75) is 18.9 Å². The van der Waals surface area contributed by atoms with Crippen LogP contribution < -0.4 is 10.6 Å². The molecule has 2 heterocycles. The summed E-state index contributed by atoms with van der Waals surface area (Å²) in [4.78, 5) is 4.12. The summed E-state index contributed by atoms with van der Waals surface area (Å²) in [5.41, 5.74) is 3.04. The lowest BCUT2D eigenvalue weighted by atomic mass is 10.1. The molecule has 146 valence electrons. The molecular formula is C21H22ClFN4O. The summed E-state index contributed by atoms with van der Waals surface area (Å²) in [5, 5.41) is 7.48. The quantitative estimate of drug-likeness (QED) is 0.818. The zero-order chi connectivity index (χ0) is 19.8. The van der Waals surface area contributed by atoms with Gasteiger partial charge in [0.15, 0.2) is 12.1 Å². The van der Waals surface area contributed by atoms with Gasteiger partial charge in [-0.15, -0.1) is 0 Å². The molecule has 0 aromatic heterocycles. The van der Waals surface area contributed by atoms with E-state index in [9.17, 15) is 4.39 Å². The van der Waals surface area contributed by atoms with Crippen LogP contribution in [0, 0.1) is 5.82 Å². The van der Waals surface area contributed by atoms with Crippen LogP contribution in [0.4, 0.5) is 4.39 Å². The van der Waals surface area contributed by atoms with E-state index in [1.54, 1.807) is 12.1 Å². The number of rotatable bonds is 4. The van der Waals surface area contributed by atoms with Crippen LogP contribution in [0.15, 0.2) is 72.5 Å². The van der Waals surface area contributed by atoms with Crippen molar-refractivity contribution >= 4 is 11.6 Å². The smallest absolute Gasteiger partial charge is 0.196 e. The lowest BCUT2D eigenvalue weighted by Crippen LogP contribution is -2.43. The molecule has 2 aromatic rings. The number of benzene rings is 2. The molecule has 2 N–H and O–H groups in total. The van der Waals surface area contributed by atoms with E-state index >= 15 is 0 Å². The van der Waals surface area contributed by atoms with Gasteiger partial charge >= 0.3 is 0 Å². The van der Waals surface area contributed by atoms with Crippen molar-refractivity contribution in [3.63, 3.8) is 0 Å². The lowest BCUT2D eigenvalue weighted by Gasteiger charge is -2.36. The Morgan fingerprint density at radius 3 is 2.50 bits per heavy atom. The first-order chi connectivity index (χ1) is 13.5. The average Bonchev–Trinajstić information content (AvgIpc) is 3.06. The van der Waals surface area contributed by atoms with Crippen molar-refractivity contribution in [3.05, 3.63) is 94.5 Å². The molecule has 0 saturated heterocycles. The molecule has 0 saturated carbocycles. The normalized spacial score (nSPS) is 21.5. The fourth-order valence-corrected chi connectivity index (χ4v) is 3.69. The number of ether oxygens (including phenoxy) is 1. The minimum absolute atomic E-state index is 0.125. The number of halogens is 2. The summed E-state index contributed by atoms with van der Waals surface area (Å²) in [6.07, 6.45) is -0.468. The number of hydrogen-bond acceptors (Lipinski definition) is 5. The zero-order valence-electron chi connectivity index (χ0n) is 15.7. The maximum atomic E-state index is 13.4. The molecule has 7 heteroatoms. The highest BCUT2D eigenvalue weighted by Gasteiger charge is 2.42. The Labute approximate surface area is 169 Å². The molecule has 0 bridgehead atoms. The van der Waals surface area contributed by atoms with Crippen molar-refractivity contribution in [3.8, 4) is 0 Å². The fourth-order valence-electron chi connectivity index (χ4n) is 3.56. The summed E-state index contributed by atoms with van der Waals surface area (Å²) in [6.45, 7) is 4.58. The molecule has 2 atom stereocenters. The van der Waals surface area contributed by atoms with Crippen molar-refractivity contribution in [1.82, 2.24) is 20.4 Å². The van der Waals surface area contributed by atoms with Gasteiger partial charge in [-0.1, -0.05) is 35.9 Å². The van der Waals surface area contributed by atoms with Gasteiger partial charge < -0.3 is 19.9 Å². The summed E-state index contributed by atoms with van der Waals surface area (Å²) < 4.78 is 19.3. The van der Waals surface area contributed by atoms with Crippen LogP contribution in [0.5, 0.6) is 0 Å². The number of likely N-dealkylation sites (N-methyl/N-ethyl adjacent to an activating group) is 1. The summed E-state index contributed by atoms with van der Waals surface area (Å²) >= 11 is 6.08. The predicted molar refractivity (Wildman–Crippen MR) is 107 cm³/mol. The molecule has 0 spiro atoms. The van der Waals surface area contributed by atoms with Gasteiger partial charge in [-0.05, 0) is 49.0 Å². The van der Waals surface area contributed by atoms with E-state index in [0.29, 0.717) is 17.5 Å². The van der Waals surface area contributed by atoms with E-state index in [2.05, 4.69) is 22.1 Å². The van der Waals surface area contributed by atoms with E-state index in [4.69, 9.17) is 16.3 Å². The monoisotopic (exact) mass is 400 g/mol. The van der Waals surface area contributed by atoms with Crippen LogP contribution in [0.2, 0.25) is 5.02 Å². The minimum atomic E-state index is -0.344. The Hall–Kier alpha value is -2.70. The Bertz CT molecular complexity index is 913. The second-order valence-electron chi connectivity index (χ2n) is 6.83. The summed E-state index contributed by atoms with van der Waals surface area (Å²) in [5.74, 6) is 1.24. The Morgan fingerprint density at radius 2 is 1.86 bits per heavy atom. The van der Waals surface area contributed by atoms with Gasteiger partial charge in [0.25, 0.3) is 0 Å². The third-order valence-corrected chi connectivity index (χ3v) is 5.31. The highest BCUT2D eigenvalue weighted by Crippen LogP contribution is 2.39. The topological polar surface area (TPSA) is 39.8 Å². The second-order valence-corrected chi connectivity index (χ2v) is 7.26. The summed E-state index contributed by atoms with van der Waals surface area (Å²) in [7, 11) is 3.76. The van der Waals surface area contributed by atoms with Crippen LogP contribution in [-0.4, -0.2) is 30.1 Å². The number of hydrogen-bond donors (Lipinski definition) is 2. The van der Waals surface area contributed by atoms with Gasteiger partial charge in [-0.3, -0.25) is 5.32 Å². The standard InChI is InChI=1S/C21H22ClFN4O/c1-13-26(3)20-18(21(24-2)28-13)27(12-14-4-10-17(23)11-5-14)19(25-20)15-6-8-16(22)9-7-15/h4-11,19,21,24-25H,1,12H2,2-3H3. The van der Waals surface area contributed by atoms with E-state index in [0.717, 1.165) is 22.6 Å². The maximum Gasteiger partial charge on any atom is 0.196 e. The minimum Gasteiger partial charge on any atom is -0.455 e. The molecule has 2 aliphatic heterocycles. The van der Waals surface area contributed by atoms with Crippen LogP contribution in [-0.2, 0) is 11.3 Å². The molecule has 4 rings (SSSR count). The SMILES string of the molecule is C=C1OC(NC)C2=C(NC(c3ccc(Cl)cc3)N2Cc2ccc(F)cc2)N1C. The molecule has 2 unspecified atom stereocenters. The molecule has 0 amide bonds. The summed E-state index contributed by atoms with van der Waals surface area (Å²) in [6, 6.07) is 14.3. The highest BCUT2D eigenvalue weighted by molar-refractivity contribution is 6.30. The fraction of sp³-hybridized carbons (Fsp3) is 0.238. The largest absolute Gasteiger partial charge is 0.455 e. The van der Waals surface area contributed by atoms with Crippen molar-refractivity contribution in [2.24, 2.45) is 0 Å². The Kier molecular flexibility index (Phi) is 4.91. The molecule has 0 fully saturated rings. The molecule has 5 nitrogen and oxygen atoms in total. The lowest BCUT2D eigenvalue weighted by molar-refractivity contribution is 0.0362. The van der Waals surface area contributed by atoms with Crippen LogP contribution in [0.25, 0.3) is 0 Å². The average molecular weight is 401 g/mol. The number of nitrogens with one attached hydrogen (secondary N) is 2. The van der Waals surface area contributed by atoms with Crippen LogP contribution in [0.1, 0.15) is 17.3 Å². The molecule has 0 aliphatic carbocycles. The van der Waals surface area contributed by atoms with E-state index in [-0.39, 0.29) is 18.2 Å². The van der Waals surface area contributed by atoms with Crippen LogP contribution >= 0.6 is 11.6 Å². The third-order valence-electron chi connectivity index (χ3n) is 5.06. The molecule has 2 aromatic carbocycles. The van der Waals surface area contributed by atoms with Crippen LogP contribution in [0.3, 0.4) is 0 Å². The van der Waals surface area contributed by atoms with Gasteiger partial charge in [0.05, 0.1) is 0 Å². The molecular weight excluding hydrogens is 379 g/mol. The van der Waals surface area contributed by atoms with Gasteiger partial charge in [0.1, 0.15) is 23.5 Å². The van der Waals surface area contributed by atoms with E-state index < -0.39 is 0 Å². The first kappa shape index (κ1) is 18.7. The Morgan fingerprint density at radius 1 is 1.18 bits per heavy atom. The first-order valence-corrected chi connectivity index (χ1v) is 9.39. The van der Waals surface area contributed by atoms with Gasteiger partial charge in [0, 0.05) is 18.6 Å². The van der Waals surface area contributed by atoms with Crippen molar-refractivity contribution in [2.75, 3.05) is 14.1 Å². The predicted octanol–water partition coefficient (Wildman–Crippen LogP) is 3.73. The van der Waals surface area contributed by atoms with Gasteiger partial charge in [-0.2, -0.15) is 0 Å². The maximum absolute atomic E-state index is 13.4. The first-order valence-electron chi connectivity index (χ1n) is 9.01. The highest BCUT2D eigenvalue weighted by atomic mass is 35.5. The van der Waals surface area contributed by atoms with Gasteiger partial charge in [0.2, 0.25) is 0 Å².